The van der Waals surface area contributed by atoms with E-state index >= 15 is 0 Å². The normalized spacial score (nSPS) is 14.8. The molecule has 0 radical (unpaired) electrons. The number of carbonyl (C=O) groups excluding carboxylic acids is 1. The smallest absolute Gasteiger partial charge is 0.159 e. The van der Waals surface area contributed by atoms with Crippen LogP contribution in [0, 0.1) is 5.92 Å². The van der Waals surface area contributed by atoms with Gasteiger partial charge >= 0.3 is 0 Å². The van der Waals surface area contributed by atoms with E-state index in [2.05, 4.69) is 13.2 Å². The van der Waals surface area contributed by atoms with Gasteiger partial charge in [0.2, 0.25) is 0 Å². The second-order valence-corrected chi connectivity index (χ2v) is 3.32. The van der Waals surface area contributed by atoms with Crippen LogP contribution in [0.3, 0.4) is 0 Å². The van der Waals surface area contributed by atoms with Crippen molar-refractivity contribution in [3.05, 3.63) is 24.3 Å². The van der Waals surface area contributed by atoms with Crippen molar-refractivity contribution in [1.29, 1.82) is 0 Å². The second kappa shape index (κ2) is 4.97. The molecule has 0 heterocycles. The Morgan fingerprint density at radius 2 is 1.92 bits per heavy atom. The maximum Gasteiger partial charge on any atom is 0.159 e. The van der Waals surface area contributed by atoms with E-state index < -0.39 is 6.10 Å². The monoisotopic (exact) mass is 182 g/mol. The molecule has 0 aromatic rings. The molecule has 0 fully saturated rings. The van der Waals surface area contributed by atoms with Crippen LogP contribution in [0.2, 0.25) is 0 Å². The zero-order valence-electron chi connectivity index (χ0n) is 8.63. The first-order chi connectivity index (χ1) is 5.91. The predicted octanol–water partition coefficient (Wildman–Crippen LogP) is 2.09. The summed E-state index contributed by atoms with van der Waals surface area (Å²) >= 11 is 0. The van der Waals surface area contributed by atoms with Crippen LogP contribution >= 0.6 is 0 Å². The number of ketones is 1. The highest BCUT2D eigenvalue weighted by molar-refractivity contribution is 5.96. The van der Waals surface area contributed by atoms with Gasteiger partial charge in [0, 0.05) is 11.5 Å². The van der Waals surface area contributed by atoms with E-state index in [9.17, 15) is 9.90 Å². The minimum Gasteiger partial charge on any atom is -0.393 e. The Morgan fingerprint density at radius 1 is 1.46 bits per heavy atom. The van der Waals surface area contributed by atoms with Gasteiger partial charge in [0.05, 0.1) is 6.10 Å². The molecule has 2 atom stereocenters. The number of aliphatic hydroxyl groups excluding tert-OH is 1. The first-order valence-corrected chi connectivity index (χ1v) is 4.48. The highest BCUT2D eigenvalue weighted by Crippen LogP contribution is 2.21. The van der Waals surface area contributed by atoms with E-state index in [1.165, 1.54) is 6.92 Å². The predicted molar refractivity (Wildman–Crippen MR) is 54.4 cm³/mol. The van der Waals surface area contributed by atoms with Gasteiger partial charge in [-0.1, -0.05) is 27.0 Å². The van der Waals surface area contributed by atoms with Crippen LogP contribution < -0.4 is 0 Å². The van der Waals surface area contributed by atoms with Crippen LogP contribution in [0.4, 0.5) is 0 Å². The van der Waals surface area contributed by atoms with Gasteiger partial charge in [0.1, 0.15) is 0 Å². The summed E-state index contributed by atoms with van der Waals surface area (Å²) in [6.45, 7) is 12.6. The highest BCUT2D eigenvalue weighted by atomic mass is 16.3. The SMILES string of the molecule is C=C(C(=C)C(C)C(O)CC)C(C)=O. The number of allylic oxidation sites excluding steroid dienone is 1. The van der Waals surface area contributed by atoms with Gasteiger partial charge in [0.15, 0.2) is 5.78 Å². The fourth-order valence-corrected chi connectivity index (χ4v) is 1.09. The molecule has 2 heteroatoms. The number of hydrogen-bond acceptors (Lipinski definition) is 2. The Balaban J connectivity index is 4.43. The third-order valence-corrected chi connectivity index (χ3v) is 2.36. The van der Waals surface area contributed by atoms with Gasteiger partial charge < -0.3 is 5.11 Å². The summed E-state index contributed by atoms with van der Waals surface area (Å²) < 4.78 is 0. The van der Waals surface area contributed by atoms with Gasteiger partial charge in [-0.25, -0.2) is 0 Å². The van der Waals surface area contributed by atoms with E-state index in [1.54, 1.807) is 0 Å². The molecular weight excluding hydrogens is 164 g/mol. The maximum absolute atomic E-state index is 11.0. The van der Waals surface area contributed by atoms with Gasteiger partial charge in [0.25, 0.3) is 0 Å². The third-order valence-electron chi connectivity index (χ3n) is 2.36. The lowest BCUT2D eigenvalue weighted by atomic mass is 9.89. The Bertz CT molecular complexity index is 228. The van der Waals surface area contributed by atoms with Crippen molar-refractivity contribution in [2.75, 3.05) is 0 Å². The molecule has 13 heavy (non-hydrogen) atoms. The van der Waals surface area contributed by atoms with E-state index in [4.69, 9.17) is 0 Å². The fraction of sp³-hybridized carbons (Fsp3) is 0.545. The Labute approximate surface area is 80.0 Å². The molecule has 0 amide bonds. The summed E-state index contributed by atoms with van der Waals surface area (Å²) in [5.41, 5.74) is 1.06. The number of aliphatic hydroxyl groups is 1. The third kappa shape index (κ3) is 3.15. The van der Waals surface area contributed by atoms with Crippen molar-refractivity contribution in [3.63, 3.8) is 0 Å². The van der Waals surface area contributed by atoms with Crippen LogP contribution in [0.25, 0.3) is 0 Å². The van der Waals surface area contributed by atoms with Crippen molar-refractivity contribution in [1.82, 2.24) is 0 Å². The molecule has 0 bridgehead atoms. The summed E-state index contributed by atoms with van der Waals surface area (Å²) in [4.78, 5) is 11.0. The van der Waals surface area contributed by atoms with E-state index in [0.717, 1.165) is 0 Å². The van der Waals surface area contributed by atoms with Gasteiger partial charge in [-0.05, 0) is 18.9 Å². The fourth-order valence-electron chi connectivity index (χ4n) is 1.09. The Kier molecular flexibility index (Phi) is 4.63. The first kappa shape index (κ1) is 12.1. The van der Waals surface area contributed by atoms with Gasteiger partial charge in [-0.2, -0.15) is 0 Å². The van der Waals surface area contributed by atoms with Gasteiger partial charge in [-0.15, -0.1) is 0 Å². The van der Waals surface area contributed by atoms with Crippen molar-refractivity contribution < 1.29 is 9.90 Å². The molecule has 0 aromatic carbocycles. The molecular formula is C11H18O2. The van der Waals surface area contributed by atoms with Crippen LogP contribution in [0.15, 0.2) is 24.3 Å². The molecule has 1 N–H and O–H groups in total. The average molecular weight is 182 g/mol. The molecule has 0 aliphatic rings. The zero-order chi connectivity index (χ0) is 10.6. The molecule has 0 aromatic heterocycles. The lowest BCUT2D eigenvalue weighted by Crippen LogP contribution is -2.20. The van der Waals surface area contributed by atoms with Crippen LogP contribution in [-0.2, 0) is 4.79 Å². The van der Waals surface area contributed by atoms with Crippen molar-refractivity contribution >= 4 is 5.78 Å². The van der Waals surface area contributed by atoms with Crippen molar-refractivity contribution in [2.45, 2.75) is 33.3 Å². The molecule has 0 spiro atoms. The quantitative estimate of drug-likeness (QED) is 0.522. The van der Waals surface area contributed by atoms with Gasteiger partial charge in [-0.3, -0.25) is 4.79 Å². The number of Topliss-reactive ketones (excluding diaryl/α,β-unsaturated/α-hetero) is 1. The average Bonchev–Trinajstić information content (AvgIpc) is 2.12. The summed E-state index contributed by atoms with van der Waals surface area (Å²) in [7, 11) is 0. The summed E-state index contributed by atoms with van der Waals surface area (Å²) in [6.07, 6.45) is 0.217. The standard InChI is InChI=1S/C11H18O2/c1-6-11(13)9(4)7(2)8(3)10(5)12/h9,11,13H,2-3,6H2,1,4-5H3. The lowest BCUT2D eigenvalue weighted by molar-refractivity contribution is -0.113. The molecule has 0 aliphatic carbocycles. The second-order valence-electron chi connectivity index (χ2n) is 3.32. The minimum absolute atomic E-state index is 0.0832. The highest BCUT2D eigenvalue weighted by Gasteiger charge is 2.18. The van der Waals surface area contributed by atoms with E-state index in [1.807, 2.05) is 13.8 Å². The molecule has 0 saturated heterocycles. The van der Waals surface area contributed by atoms with Crippen LogP contribution in [0.5, 0.6) is 0 Å². The van der Waals surface area contributed by atoms with Crippen LogP contribution in [0.1, 0.15) is 27.2 Å². The lowest BCUT2D eigenvalue weighted by Gasteiger charge is -2.20. The molecule has 74 valence electrons. The topological polar surface area (TPSA) is 37.3 Å². The summed E-state index contributed by atoms with van der Waals surface area (Å²) in [5, 5.41) is 9.51. The minimum atomic E-state index is -0.441. The zero-order valence-corrected chi connectivity index (χ0v) is 8.63. The largest absolute Gasteiger partial charge is 0.393 e. The number of hydrogen-bond donors (Lipinski definition) is 1. The summed E-state index contributed by atoms with van der Waals surface area (Å²) in [5.74, 6) is -0.179. The molecule has 2 unspecified atom stereocenters. The first-order valence-electron chi connectivity index (χ1n) is 4.48. The Hall–Kier alpha value is -0.890. The van der Waals surface area contributed by atoms with Crippen molar-refractivity contribution in [3.8, 4) is 0 Å². The molecule has 2 nitrogen and oxygen atoms in total. The number of carbonyl (C=O) groups is 1. The van der Waals surface area contributed by atoms with E-state index in [-0.39, 0.29) is 11.7 Å². The van der Waals surface area contributed by atoms with Crippen LogP contribution in [-0.4, -0.2) is 17.0 Å². The Morgan fingerprint density at radius 3 is 2.23 bits per heavy atom. The molecule has 0 saturated carbocycles. The molecule has 0 aliphatic heterocycles. The summed E-state index contributed by atoms with van der Waals surface area (Å²) in [6, 6.07) is 0. The molecule has 0 rings (SSSR count). The van der Waals surface area contributed by atoms with E-state index in [0.29, 0.717) is 17.6 Å². The maximum atomic E-state index is 11.0. The number of rotatable bonds is 5. The van der Waals surface area contributed by atoms with Crippen molar-refractivity contribution in [2.24, 2.45) is 5.92 Å².